The summed E-state index contributed by atoms with van der Waals surface area (Å²) in [6, 6.07) is 6.31. The van der Waals surface area contributed by atoms with Crippen LogP contribution in [0.25, 0.3) is 0 Å². The molecule has 2 heterocycles. The van der Waals surface area contributed by atoms with Crippen LogP contribution < -0.4 is 20.9 Å². The molecule has 32 heavy (non-hydrogen) atoms. The van der Waals surface area contributed by atoms with Crippen molar-refractivity contribution in [2.75, 3.05) is 43.6 Å². The Bertz CT molecular complexity index is 1000. The van der Waals surface area contributed by atoms with E-state index < -0.39 is 24.3 Å². The Kier molecular flexibility index (Phi) is 8.13. The largest absolute Gasteiger partial charge is 0.370 e. The number of anilines is 2. The summed E-state index contributed by atoms with van der Waals surface area (Å²) < 4.78 is 32.9. The molecule has 1 atom stereocenters. The molecule has 2 aromatic rings. The molecule has 1 saturated heterocycles. The van der Waals surface area contributed by atoms with E-state index in [0.29, 0.717) is 9.21 Å². The summed E-state index contributed by atoms with van der Waals surface area (Å²) in [5.74, 6) is -1.31. The average molecular weight is 487 g/mol. The number of halogens is 3. The van der Waals surface area contributed by atoms with Crippen molar-refractivity contribution in [3.05, 3.63) is 45.1 Å². The maximum atomic E-state index is 13.7. The highest BCUT2D eigenvalue weighted by molar-refractivity contribution is 7.18. The van der Waals surface area contributed by atoms with E-state index in [-0.39, 0.29) is 49.1 Å². The lowest BCUT2D eigenvalue weighted by atomic mass is 10.1. The van der Waals surface area contributed by atoms with E-state index in [1.165, 1.54) is 24.1 Å². The van der Waals surface area contributed by atoms with Crippen molar-refractivity contribution in [2.45, 2.75) is 12.5 Å². The number of hydrogen-bond acceptors (Lipinski definition) is 6. The fraction of sp³-hybridized carbons (Fsp3) is 0.350. The molecule has 1 aliphatic rings. The van der Waals surface area contributed by atoms with E-state index in [0.717, 1.165) is 17.4 Å². The number of alkyl halides is 2. The zero-order valence-corrected chi connectivity index (χ0v) is 18.6. The van der Waals surface area contributed by atoms with E-state index in [1.807, 2.05) is 0 Å². The summed E-state index contributed by atoms with van der Waals surface area (Å²) in [4.78, 5) is 38.4. The SMILES string of the molecule is CN[C@H](CNC(=O)c1ccc(Cl)s1)C(=O)Nc1ccc(N2CCOCC2=O)c(C(F)F)c1. The molecule has 0 radical (unpaired) electrons. The second-order valence-corrected chi connectivity index (χ2v) is 8.53. The lowest BCUT2D eigenvalue weighted by molar-refractivity contribution is -0.125. The van der Waals surface area contributed by atoms with Gasteiger partial charge >= 0.3 is 0 Å². The number of likely N-dealkylation sites (N-methyl/N-ethyl adjacent to an activating group) is 1. The Balaban J connectivity index is 1.67. The smallest absolute Gasteiger partial charge is 0.265 e. The van der Waals surface area contributed by atoms with Gasteiger partial charge in [-0.1, -0.05) is 11.6 Å². The van der Waals surface area contributed by atoms with Crippen molar-refractivity contribution < 1.29 is 27.9 Å². The fourth-order valence-electron chi connectivity index (χ4n) is 3.10. The van der Waals surface area contributed by atoms with Gasteiger partial charge in [-0.3, -0.25) is 14.4 Å². The maximum absolute atomic E-state index is 13.7. The lowest BCUT2D eigenvalue weighted by Gasteiger charge is -2.29. The van der Waals surface area contributed by atoms with Crippen LogP contribution in [-0.4, -0.2) is 57.1 Å². The Labute approximate surface area is 191 Å². The Morgan fingerprint density at radius 3 is 2.69 bits per heavy atom. The summed E-state index contributed by atoms with van der Waals surface area (Å²) in [6.07, 6.45) is -2.85. The molecule has 1 fully saturated rings. The number of nitrogens with zero attached hydrogens (tertiary/aromatic N) is 1. The number of ether oxygens (including phenoxy) is 1. The number of morpholine rings is 1. The molecule has 0 aliphatic carbocycles. The molecule has 8 nitrogen and oxygen atoms in total. The van der Waals surface area contributed by atoms with Crippen molar-refractivity contribution in [2.24, 2.45) is 0 Å². The average Bonchev–Trinajstić information content (AvgIpc) is 3.21. The van der Waals surface area contributed by atoms with Crippen molar-refractivity contribution in [3.63, 3.8) is 0 Å². The van der Waals surface area contributed by atoms with Gasteiger partial charge in [-0.25, -0.2) is 8.78 Å². The normalized spacial score (nSPS) is 15.0. The van der Waals surface area contributed by atoms with Crippen LogP contribution in [0.3, 0.4) is 0 Å². The van der Waals surface area contributed by atoms with E-state index in [2.05, 4.69) is 16.0 Å². The molecule has 1 aromatic heterocycles. The molecule has 1 aliphatic heterocycles. The van der Waals surface area contributed by atoms with Crippen LogP contribution in [0.15, 0.2) is 30.3 Å². The molecular weight excluding hydrogens is 466 g/mol. The number of carbonyl (C=O) groups is 3. The number of rotatable bonds is 8. The molecule has 0 bridgehead atoms. The van der Waals surface area contributed by atoms with Crippen LogP contribution in [-0.2, 0) is 14.3 Å². The minimum Gasteiger partial charge on any atom is -0.370 e. The van der Waals surface area contributed by atoms with Crippen LogP contribution >= 0.6 is 22.9 Å². The first-order valence-corrected chi connectivity index (χ1v) is 10.8. The summed E-state index contributed by atoms with van der Waals surface area (Å²) >= 11 is 6.93. The second-order valence-electron chi connectivity index (χ2n) is 6.82. The van der Waals surface area contributed by atoms with Crippen molar-refractivity contribution >= 4 is 52.0 Å². The van der Waals surface area contributed by atoms with Crippen LogP contribution in [0, 0.1) is 0 Å². The molecule has 0 spiro atoms. The number of carbonyl (C=O) groups excluding carboxylic acids is 3. The molecule has 0 saturated carbocycles. The standard InChI is InChI=1S/C20H21ClF2N4O4S/c1-24-13(9-25-20(30)15-4-5-16(21)32-15)19(29)26-11-2-3-14(12(8-11)18(22)23)27-6-7-31-10-17(27)28/h2-5,8,13,18,24H,6-7,9-10H2,1H3,(H,25,30)(H,26,29)/t13-/m1/s1. The summed E-state index contributed by atoms with van der Waals surface area (Å²) in [6.45, 7) is 0.217. The zero-order chi connectivity index (χ0) is 23.3. The fourth-order valence-corrected chi connectivity index (χ4v) is 4.06. The third kappa shape index (κ3) is 5.80. The van der Waals surface area contributed by atoms with E-state index in [9.17, 15) is 23.2 Å². The molecule has 3 rings (SSSR count). The highest BCUT2D eigenvalue weighted by Gasteiger charge is 2.26. The minimum absolute atomic E-state index is 0.0290. The van der Waals surface area contributed by atoms with Crippen LogP contribution in [0.1, 0.15) is 21.7 Å². The van der Waals surface area contributed by atoms with Crippen LogP contribution in [0.4, 0.5) is 20.2 Å². The van der Waals surface area contributed by atoms with Crippen molar-refractivity contribution in [1.82, 2.24) is 10.6 Å². The summed E-state index contributed by atoms with van der Waals surface area (Å²) in [7, 11) is 1.54. The van der Waals surface area contributed by atoms with Gasteiger partial charge in [-0.15, -0.1) is 11.3 Å². The highest BCUT2D eigenvalue weighted by atomic mass is 35.5. The van der Waals surface area contributed by atoms with Gasteiger partial charge in [0.05, 0.1) is 21.5 Å². The van der Waals surface area contributed by atoms with E-state index in [1.54, 1.807) is 12.1 Å². The minimum atomic E-state index is -2.85. The third-order valence-electron chi connectivity index (χ3n) is 4.74. The monoisotopic (exact) mass is 486 g/mol. The summed E-state index contributed by atoms with van der Waals surface area (Å²) in [5, 5.41) is 7.97. The molecule has 0 unspecified atom stereocenters. The first kappa shape index (κ1) is 24.1. The highest BCUT2D eigenvalue weighted by Crippen LogP contribution is 2.33. The Hall–Kier alpha value is -2.60. The van der Waals surface area contributed by atoms with Gasteiger partial charge in [-0.05, 0) is 37.4 Å². The van der Waals surface area contributed by atoms with E-state index in [4.69, 9.17) is 16.3 Å². The summed E-state index contributed by atoms with van der Waals surface area (Å²) in [5.41, 5.74) is -0.147. The van der Waals surface area contributed by atoms with Gasteiger partial charge < -0.3 is 25.6 Å². The van der Waals surface area contributed by atoms with Gasteiger partial charge in [0, 0.05) is 24.3 Å². The zero-order valence-electron chi connectivity index (χ0n) is 17.0. The number of hydrogen-bond donors (Lipinski definition) is 3. The van der Waals surface area contributed by atoms with Crippen LogP contribution in [0.5, 0.6) is 0 Å². The van der Waals surface area contributed by atoms with Gasteiger partial charge in [0.2, 0.25) is 5.91 Å². The van der Waals surface area contributed by atoms with Gasteiger partial charge in [-0.2, -0.15) is 0 Å². The van der Waals surface area contributed by atoms with Crippen molar-refractivity contribution in [1.29, 1.82) is 0 Å². The molecule has 3 N–H and O–H groups in total. The molecule has 3 amide bonds. The number of benzene rings is 1. The maximum Gasteiger partial charge on any atom is 0.265 e. The van der Waals surface area contributed by atoms with Gasteiger partial charge in [0.1, 0.15) is 12.6 Å². The molecule has 12 heteroatoms. The van der Waals surface area contributed by atoms with Crippen LogP contribution in [0.2, 0.25) is 4.34 Å². The second kappa shape index (κ2) is 10.8. The molecule has 172 valence electrons. The van der Waals surface area contributed by atoms with Gasteiger partial charge in [0.15, 0.2) is 0 Å². The topological polar surface area (TPSA) is 99.8 Å². The molecular formula is C20H21ClF2N4O4S. The van der Waals surface area contributed by atoms with Gasteiger partial charge in [0.25, 0.3) is 18.2 Å². The number of thiophene rings is 1. The van der Waals surface area contributed by atoms with Crippen molar-refractivity contribution in [3.8, 4) is 0 Å². The predicted octanol–water partition coefficient (Wildman–Crippen LogP) is 2.66. The quantitative estimate of drug-likeness (QED) is 0.532. The number of nitrogens with one attached hydrogen (secondary N) is 3. The first-order chi connectivity index (χ1) is 15.3. The lowest BCUT2D eigenvalue weighted by Crippen LogP contribution is -2.47. The predicted molar refractivity (Wildman–Crippen MR) is 118 cm³/mol. The first-order valence-electron chi connectivity index (χ1n) is 9.62. The molecule has 1 aromatic carbocycles. The Morgan fingerprint density at radius 2 is 2.06 bits per heavy atom. The Morgan fingerprint density at radius 1 is 1.28 bits per heavy atom. The number of amides is 3. The van der Waals surface area contributed by atoms with E-state index >= 15 is 0 Å². The third-order valence-corrected chi connectivity index (χ3v) is 5.97.